The Morgan fingerprint density at radius 3 is 2.96 bits per heavy atom. The minimum Gasteiger partial charge on any atom is -0.486 e. The first-order valence-electron chi connectivity index (χ1n) is 8.52. The molecule has 5 nitrogen and oxygen atoms in total. The van der Waals surface area contributed by atoms with E-state index in [2.05, 4.69) is 27.8 Å². The summed E-state index contributed by atoms with van der Waals surface area (Å²) in [4.78, 5) is 0. The number of hydrogen-bond donors (Lipinski definition) is 2. The largest absolute Gasteiger partial charge is 0.486 e. The van der Waals surface area contributed by atoms with Gasteiger partial charge < -0.3 is 14.8 Å². The smallest absolute Gasteiger partial charge is 0.162 e. The van der Waals surface area contributed by atoms with E-state index in [0.717, 1.165) is 34.6 Å². The Labute approximate surface area is 146 Å². The van der Waals surface area contributed by atoms with Crippen LogP contribution in [0.5, 0.6) is 11.5 Å². The fourth-order valence-corrected chi connectivity index (χ4v) is 4.28. The number of aromatic nitrogens is 2. The summed E-state index contributed by atoms with van der Waals surface area (Å²) in [6, 6.07) is 6.68. The van der Waals surface area contributed by atoms with Crippen molar-refractivity contribution in [2.75, 3.05) is 19.5 Å². The number of ether oxygens (including phenoxy) is 2. The van der Waals surface area contributed by atoms with Crippen LogP contribution in [0.2, 0.25) is 0 Å². The third kappa shape index (κ3) is 3.26. The second kappa shape index (κ2) is 7.07. The number of benzene rings is 1. The number of nitrogens with one attached hydrogen (secondary N) is 2. The lowest BCUT2D eigenvalue weighted by Gasteiger charge is -2.19. The van der Waals surface area contributed by atoms with Gasteiger partial charge in [-0.15, -0.1) is 0 Å². The van der Waals surface area contributed by atoms with Gasteiger partial charge in [-0.2, -0.15) is 16.9 Å². The van der Waals surface area contributed by atoms with Gasteiger partial charge in [0.25, 0.3) is 0 Å². The van der Waals surface area contributed by atoms with Gasteiger partial charge in [0.1, 0.15) is 13.2 Å². The summed E-state index contributed by atoms with van der Waals surface area (Å²) in [6.07, 6.45) is 7.98. The Hall–Kier alpha value is -1.66. The Bertz CT molecular complexity index is 703. The Morgan fingerprint density at radius 1 is 1.25 bits per heavy atom. The van der Waals surface area contributed by atoms with E-state index in [9.17, 15) is 0 Å². The highest BCUT2D eigenvalue weighted by atomic mass is 32.2. The Morgan fingerprint density at radius 2 is 2.12 bits per heavy atom. The van der Waals surface area contributed by atoms with Gasteiger partial charge >= 0.3 is 0 Å². The molecule has 128 valence electrons. The number of rotatable bonds is 5. The number of nitrogens with zero attached hydrogens (tertiary/aromatic N) is 1. The van der Waals surface area contributed by atoms with Gasteiger partial charge in [0, 0.05) is 29.0 Å². The molecule has 1 saturated carbocycles. The van der Waals surface area contributed by atoms with E-state index in [1.165, 1.54) is 24.8 Å². The van der Waals surface area contributed by atoms with Crippen molar-refractivity contribution >= 4 is 11.8 Å². The lowest BCUT2D eigenvalue weighted by Crippen LogP contribution is -2.26. The summed E-state index contributed by atoms with van der Waals surface area (Å²) in [7, 11) is 0. The molecule has 24 heavy (non-hydrogen) atoms. The fourth-order valence-electron chi connectivity index (χ4n) is 3.49. The standard InChI is InChI=1S/C18H23N3O2S/c1-24-15-4-3-14(9-15)19-10-13-11-20-21-18(13)12-2-5-16-17(8-12)23-7-6-22-16/h2,5,8,11,14-15,19H,3-4,6-7,9-10H2,1H3,(H,20,21)/t14-,15+/m1/s1. The minimum absolute atomic E-state index is 0.603. The Balaban J connectivity index is 1.46. The monoisotopic (exact) mass is 345 g/mol. The third-order valence-electron chi connectivity index (χ3n) is 4.85. The van der Waals surface area contributed by atoms with Crippen molar-refractivity contribution in [2.24, 2.45) is 0 Å². The molecule has 0 spiro atoms. The van der Waals surface area contributed by atoms with Gasteiger partial charge in [0.15, 0.2) is 11.5 Å². The average Bonchev–Trinajstić information content (AvgIpc) is 3.28. The van der Waals surface area contributed by atoms with Crippen LogP contribution in [0.25, 0.3) is 11.3 Å². The first kappa shape index (κ1) is 15.8. The average molecular weight is 345 g/mol. The molecule has 2 aliphatic rings. The molecule has 1 aromatic carbocycles. The van der Waals surface area contributed by atoms with Crippen molar-refractivity contribution in [2.45, 2.75) is 37.1 Å². The van der Waals surface area contributed by atoms with Crippen LogP contribution in [0.1, 0.15) is 24.8 Å². The third-order valence-corrected chi connectivity index (χ3v) is 5.94. The van der Waals surface area contributed by atoms with Crippen molar-refractivity contribution < 1.29 is 9.47 Å². The summed E-state index contributed by atoms with van der Waals surface area (Å²) in [5, 5.41) is 11.9. The maximum atomic E-state index is 5.69. The summed E-state index contributed by atoms with van der Waals surface area (Å²) >= 11 is 1.99. The molecule has 1 fully saturated rings. The van der Waals surface area contributed by atoms with E-state index in [1.807, 2.05) is 30.1 Å². The molecule has 0 amide bonds. The maximum Gasteiger partial charge on any atom is 0.162 e. The number of aromatic amines is 1. The van der Waals surface area contributed by atoms with E-state index < -0.39 is 0 Å². The minimum atomic E-state index is 0.603. The molecule has 0 saturated heterocycles. The molecule has 2 aromatic rings. The van der Waals surface area contributed by atoms with Gasteiger partial charge in [-0.3, -0.25) is 5.10 Å². The van der Waals surface area contributed by atoms with Crippen LogP contribution in [0, 0.1) is 0 Å². The zero-order chi connectivity index (χ0) is 16.4. The Kier molecular flexibility index (Phi) is 4.67. The molecule has 0 radical (unpaired) electrons. The van der Waals surface area contributed by atoms with Crippen molar-refractivity contribution in [1.82, 2.24) is 15.5 Å². The predicted octanol–water partition coefficient (Wildman–Crippen LogP) is 3.22. The summed E-state index contributed by atoms with van der Waals surface area (Å²) < 4.78 is 11.3. The summed E-state index contributed by atoms with van der Waals surface area (Å²) in [5.41, 5.74) is 3.33. The van der Waals surface area contributed by atoms with Crippen molar-refractivity contribution in [3.63, 3.8) is 0 Å². The van der Waals surface area contributed by atoms with Crippen molar-refractivity contribution in [3.8, 4) is 22.8 Å². The molecular formula is C18H23N3O2S. The molecule has 4 rings (SSSR count). The molecule has 0 unspecified atom stereocenters. The van der Waals surface area contributed by atoms with Gasteiger partial charge in [0.05, 0.1) is 11.9 Å². The lowest BCUT2D eigenvalue weighted by atomic mass is 10.1. The quantitative estimate of drug-likeness (QED) is 0.871. The predicted molar refractivity (Wildman–Crippen MR) is 96.8 cm³/mol. The topological polar surface area (TPSA) is 59.2 Å². The van der Waals surface area contributed by atoms with Crippen LogP contribution < -0.4 is 14.8 Å². The van der Waals surface area contributed by atoms with Crippen LogP contribution in [0.3, 0.4) is 0 Å². The zero-order valence-electron chi connectivity index (χ0n) is 13.9. The van der Waals surface area contributed by atoms with E-state index in [1.54, 1.807) is 0 Å². The second-order valence-electron chi connectivity index (χ2n) is 6.38. The zero-order valence-corrected chi connectivity index (χ0v) is 14.7. The van der Waals surface area contributed by atoms with E-state index in [4.69, 9.17) is 9.47 Å². The first-order chi connectivity index (χ1) is 11.8. The van der Waals surface area contributed by atoms with Crippen LogP contribution in [-0.2, 0) is 6.54 Å². The molecule has 2 N–H and O–H groups in total. The molecule has 1 aromatic heterocycles. The van der Waals surface area contributed by atoms with Gasteiger partial charge in [0.2, 0.25) is 0 Å². The highest BCUT2D eigenvalue weighted by Gasteiger charge is 2.24. The van der Waals surface area contributed by atoms with Crippen molar-refractivity contribution in [3.05, 3.63) is 30.0 Å². The normalized spacial score (nSPS) is 22.7. The molecule has 0 bridgehead atoms. The molecule has 1 aliphatic carbocycles. The molecule has 2 atom stereocenters. The number of thioether (sulfide) groups is 1. The highest BCUT2D eigenvalue weighted by Crippen LogP contribution is 2.35. The number of hydrogen-bond acceptors (Lipinski definition) is 5. The van der Waals surface area contributed by atoms with Crippen LogP contribution in [0.4, 0.5) is 0 Å². The lowest BCUT2D eigenvalue weighted by molar-refractivity contribution is 0.171. The second-order valence-corrected chi connectivity index (χ2v) is 7.52. The van der Waals surface area contributed by atoms with Gasteiger partial charge in [-0.05, 0) is 43.7 Å². The SMILES string of the molecule is CS[C@H]1CC[C@@H](NCc2cn[nH]c2-c2ccc3c(c2)OCCO3)C1. The van der Waals surface area contributed by atoms with Crippen LogP contribution in [-0.4, -0.2) is 41.0 Å². The van der Waals surface area contributed by atoms with E-state index in [-0.39, 0.29) is 0 Å². The van der Waals surface area contributed by atoms with Gasteiger partial charge in [-0.1, -0.05) is 0 Å². The molecule has 6 heteroatoms. The molecule has 2 heterocycles. The molecular weight excluding hydrogens is 322 g/mol. The van der Waals surface area contributed by atoms with Crippen LogP contribution >= 0.6 is 11.8 Å². The van der Waals surface area contributed by atoms with E-state index >= 15 is 0 Å². The van der Waals surface area contributed by atoms with Crippen LogP contribution in [0.15, 0.2) is 24.4 Å². The maximum absolute atomic E-state index is 5.69. The summed E-state index contributed by atoms with van der Waals surface area (Å²) in [5.74, 6) is 1.63. The number of H-pyrrole nitrogens is 1. The molecule has 1 aliphatic heterocycles. The van der Waals surface area contributed by atoms with Gasteiger partial charge in [-0.25, -0.2) is 0 Å². The first-order valence-corrected chi connectivity index (χ1v) is 9.80. The van der Waals surface area contributed by atoms with E-state index in [0.29, 0.717) is 19.3 Å². The van der Waals surface area contributed by atoms with Crippen molar-refractivity contribution in [1.29, 1.82) is 0 Å². The fraction of sp³-hybridized carbons (Fsp3) is 0.500. The highest BCUT2D eigenvalue weighted by molar-refractivity contribution is 7.99. The summed E-state index contributed by atoms with van der Waals surface area (Å²) in [6.45, 7) is 2.06. The number of fused-ring (bicyclic) bond motifs is 1.